The van der Waals surface area contributed by atoms with Gasteiger partial charge in [-0.3, -0.25) is 23.7 Å². The van der Waals surface area contributed by atoms with Crippen molar-refractivity contribution < 1.29 is 28.7 Å². The van der Waals surface area contributed by atoms with Crippen LogP contribution in [-0.2, 0) is 32.3 Å². The summed E-state index contributed by atoms with van der Waals surface area (Å²) in [4.78, 5) is 54.1. The summed E-state index contributed by atoms with van der Waals surface area (Å²) in [5, 5.41) is 0. The molecule has 0 N–H and O–H groups in total. The Hall–Kier alpha value is -4.20. The van der Waals surface area contributed by atoms with Crippen molar-refractivity contribution in [1.29, 1.82) is 0 Å². The Morgan fingerprint density at radius 3 is 1.82 bits per heavy atom. The molecule has 0 bridgehead atoms. The fourth-order valence-corrected chi connectivity index (χ4v) is 4.54. The second-order valence-corrected chi connectivity index (χ2v) is 9.50. The van der Waals surface area contributed by atoms with Crippen LogP contribution in [0.2, 0.25) is 0 Å². The van der Waals surface area contributed by atoms with Gasteiger partial charge in [0.2, 0.25) is 5.91 Å². The third-order valence-electron chi connectivity index (χ3n) is 6.65. The molecule has 0 spiro atoms. The van der Waals surface area contributed by atoms with Crippen LogP contribution in [-0.4, -0.2) is 46.3 Å². The molecule has 8 nitrogen and oxygen atoms in total. The van der Waals surface area contributed by atoms with Crippen LogP contribution in [0.15, 0.2) is 79.0 Å². The second-order valence-electron chi connectivity index (χ2n) is 9.50. The van der Waals surface area contributed by atoms with Gasteiger partial charge in [0.15, 0.2) is 5.92 Å². The van der Waals surface area contributed by atoms with E-state index in [4.69, 9.17) is 9.47 Å². The standard InChI is InChI=1S/C30H32N2O6/c1-22(19-26(33)32-18-10-15-25(32)28(34)31-16-8-9-17-31)27(29(35)37-20-23-11-4-2-5-12-23)30(36)38-21-24-13-6-3-7-14-24/h2-7,10-15,18,22,27H,8-9,16-17,19-21H2,1H3/t22-/m1/s1. The summed E-state index contributed by atoms with van der Waals surface area (Å²) in [5.74, 6) is -4.14. The molecule has 1 atom stereocenters. The first kappa shape index (κ1) is 26.9. The highest BCUT2D eigenvalue weighted by molar-refractivity contribution is 5.98. The van der Waals surface area contributed by atoms with Crippen molar-refractivity contribution in [3.63, 3.8) is 0 Å². The molecule has 198 valence electrons. The maximum absolute atomic E-state index is 13.3. The first-order valence-electron chi connectivity index (χ1n) is 12.8. The number of nitrogens with zero attached hydrogens (tertiary/aromatic N) is 2. The Labute approximate surface area is 222 Å². The monoisotopic (exact) mass is 516 g/mol. The average Bonchev–Trinajstić information content (AvgIpc) is 3.65. The van der Waals surface area contributed by atoms with Gasteiger partial charge < -0.3 is 14.4 Å². The van der Waals surface area contributed by atoms with E-state index < -0.39 is 23.8 Å². The number of likely N-dealkylation sites (tertiary alicyclic amines) is 1. The molecule has 2 heterocycles. The zero-order valence-corrected chi connectivity index (χ0v) is 21.5. The first-order chi connectivity index (χ1) is 18.4. The van der Waals surface area contributed by atoms with E-state index in [0.29, 0.717) is 13.1 Å². The van der Waals surface area contributed by atoms with Crippen LogP contribution in [0.4, 0.5) is 0 Å². The lowest BCUT2D eigenvalue weighted by Crippen LogP contribution is -2.35. The average molecular weight is 517 g/mol. The molecule has 1 fully saturated rings. The number of aromatic nitrogens is 1. The van der Waals surface area contributed by atoms with Crippen molar-refractivity contribution in [1.82, 2.24) is 9.47 Å². The SMILES string of the molecule is C[C@H](CC(=O)n1cccc1C(=O)N1CCCC1)C(C(=O)OCc1ccccc1)C(=O)OCc1ccccc1. The van der Waals surface area contributed by atoms with Crippen molar-refractivity contribution in [3.8, 4) is 0 Å². The van der Waals surface area contributed by atoms with Crippen LogP contribution in [0, 0.1) is 11.8 Å². The van der Waals surface area contributed by atoms with E-state index >= 15 is 0 Å². The Morgan fingerprint density at radius 1 is 0.763 bits per heavy atom. The van der Waals surface area contributed by atoms with Gasteiger partial charge in [-0.2, -0.15) is 0 Å². The topological polar surface area (TPSA) is 94.9 Å². The molecular formula is C30H32N2O6. The number of hydrogen-bond donors (Lipinski definition) is 0. The predicted molar refractivity (Wildman–Crippen MR) is 140 cm³/mol. The minimum absolute atomic E-state index is 0.00507. The number of hydrogen-bond acceptors (Lipinski definition) is 6. The fraction of sp³-hybridized carbons (Fsp3) is 0.333. The number of benzene rings is 2. The van der Waals surface area contributed by atoms with Gasteiger partial charge >= 0.3 is 11.9 Å². The second kappa shape index (κ2) is 12.9. The van der Waals surface area contributed by atoms with Crippen molar-refractivity contribution in [2.75, 3.05) is 13.1 Å². The molecule has 3 aromatic rings. The summed E-state index contributed by atoms with van der Waals surface area (Å²) in [6, 6.07) is 21.5. The number of carbonyl (C=O) groups excluding carboxylic acids is 4. The summed E-state index contributed by atoms with van der Waals surface area (Å²) in [6.07, 6.45) is 3.26. The molecule has 4 rings (SSSR count). The van der Waals surface area contributed by atoms with Crippen molar-refractivity contribution in [2.24, 2.45) is 11.8 Å². The van der Waals surface area contributed by atoms with Crippen LogP contribution in [0.3, 0.4) is 0 Å². The highest BCUT2D eigenvalue weighted by atomic mass is 16.6. The van der Waals surface area contributed by atoms with Gasteiger partial charge in [-0.15, -0.1) is 0 Å². The summed E-state index contributed by atoms with van der Waals surface area (Å²) in [6.45, 7) is 2.96. The summed E-state index contributed by atoms with van der Waals surface area (Å²) < 4.78 is 12.2. The summed E-state index contributed by atoms with van der Waals surface area (Å²) >= 11 is 0. The van der Waals surface area contributed by atoms with E-state index in [9.17, 15) is 19.2 Å². The number of rotatable bonds is 10. The number of amides is 1. The molecular weight excluding hydrogens is 484 g/mol. The molecule has 1 amide bonds. The van der Waals surface area contributed by atoms with E-state index in [1.807, 2.05) is 60.7 Å². The smallest absolute Gasteiger partial charge is 0.320 e. The van der Waals surface area contributed by atoms with E-state index in [0.717, 1.165) is 24.0 Å². The molecule has 8 heteroatoms. The van der Waals surface area contributed by atoms with Crippen LogP contribution in [0.5, 0.6) is 0 Å². The molecule has 0 unspecified atom stereocenters. The summed E-state index contributed by atoms with van der Waals surface area (Å²) in [7, 11) is 0. The van der Waals surface area contributed by atoms with E-state index in [1.165, 1.54) is 10.8 Å². The van der Waals surface area contributed by atoms with E-state index in [1.54, 1.807) is 24.0 Å². The van der Waals surface area contributed by atoms with Crippen LogP contribution in [0.25, 0.3) is 0 Å². The first-order valence-corrected chi connectivity index (χ1v) is 12.8. The minimum Gasteiger partial charge on any atom is -0.460 e. The molecule has 38 heavy (non-hydrogen) atoms. The lowest BCUT2D eigenvalue weighted by atomic mass is 9.90. The van der Waals surface area contributed by atoms with Crippen molar-refractivity contribution >= 4 is 23.8 Å². The minimum atomic E-state index is -1.31. The predicted octanol–water partition coefficient (Wildman–Crippen LogP) is 4.49. The largest absolute Gasteiger partial charge is 0.460 e. The van der Waals surface area contributed by atoms with Gasteiger partial charge in [0.25, 0.3) is 5.91 Å². The Balaban J connectivity index is 1.47. The van der Waals surface area contributed by atoms with Crippen molar-refractivity contribution in [3.05, 3.63) is 95.8 Å². The molecule has 1 aliphatic rings. The van der Waals surface area contributed by atoms with Gasteiger partial charge in [-0.05, 0) is 42.0 Å². The number of carbonyl (C=O) groups is 4. The highest BCUT2D eigenvalue weighted by Crippen LogP contribution is 2.23. The summed E-state index contributed by atoms with van der Waals surface area (Å²) in [5.41, 5.74) is 1.83. The fourth-order valence-electron chi connectivity index (χ4n) is 4.54. The zero-order valence-electron chi connectivity index (χ0n) is 21.5. The molecule has 2 aromatic carbocycles. The maximum Gasteiger partial charge on any atom is 0.320 e. The number of ether oxygens (including phenoxy) is 2. The van der Waals surface area contributed by atoms with Crippen LogP contribution in [0.1, 0.15) is 52.6 Å². The molecule has 1 aliphatic heterocycles. The lowest BCUT2D eigenvalue weighted by molar-refractivity contribution is -0.166. The Kier molecular flexibility index (Phi) is 9.08. The van der Waals surface area contributed by atoms with Gasteiger partial charge in [0.1, 0.15) is 18.9 Å². The van der Waals surface area contributed by atoms with Crippen LogP contribution >= 0.6 is 0 Å². The zero-order chi connectivity index (χ0) is 26.9. The van der Waals surface area contributed by atoms with Crippen LogP contribution < -0.4 is 0 Å². The highest BCUT2D eigenvalue weighted by Gasteiger charge is 2.37. The molecule has 0 saturated carbocycles. The molecule has 1 aromatic heterocycles. The van der Waals surface area contributed by atoms with Gasteiger partial charge in [-0.1, -0.05) is 67.6 Å². The third-order valence-corrected chi connectivity index (χ3v) is 6.65. The van der Waals surface area contributed by atoms with Crippen molar-refractivity contribution in [2.45, 2.75) is 39.4 Å². The lowest BCUT2D eigenvalue weighted by Gasteiger charge is -2.22. The number of esters is 2. The quantitative estimate of drug-likeness (QED) is 0.291. The molecule has 0 aliphatic carbocycles. The molecule has 1 saturated heterocycles. The van der Waals surface area contributed by atoms with Gasteiger partial charge in [-0.25, -0.2) is 0 Å². The van der Waals surface area contributed by atoms with Gasteiger partial charge in [0.05, 0.1) is 0 Å². The van der Waals surface area contributed by atoms with Gasteiger partial charge in [0, 0.05) is 25.7 Å². The maximum atomic E-state index is 13.3. The Bertz CT molecular complexity index is 1190. The van der Waals surface area contributed by atoms with E-state index in [2.05, 4.69) is 0 Å². The Morgan fingerprint density at radius 2 is 1.29 bits per heavy atom. The molecule has 0 radical (unpaired) electrons. The third kappa shape index (κ3) is 6.76. The van der Waals surface area contributed by atoms with E-state index in [-0.39, 0.29) is 37.1 Å². The normalized spacial score (nSPS) is 13.8.